The van der Waals surface area contributed by atoms with E-state index in [-0.39, 0.29) is 40.9 Å². The number of amides is 2. The van der Waals surface area contributed by atoms with E-state index in [1.165, 1.54) is 29.7 Å². The minimum Gasteiger partial charge on any atom is -0.356 e. The molecule has 0 aromatic heterocycles. The average Bonchev–Trinajstić information content (AvgIpc) is 3.44. The van der Waals surface area contributed by atoms with Crippen molar-refractivity contribution in [3.8, 4) is 0 Å². The van der Waals surface area contributed by atoms with Crippen LogP contribution in [0.15, 0.2) is 47.5 Å². The van der Waals surface area contributed by atoms with Gasteiger partial charge in [-0.05, 0) is 43.1 Å². The molecule has 2 bridgehead atoms. The molecule has 4 atom stereocenters. The van der Waals surface area contributed by atoms with Crippen LogP contribution in [0.1, 0.15) is 37.7 Å². The molecule has 164 valence electrons. The Balaban J connectivity index is 1.09. The van der Waals surface area contributed by atoms with Crippen LogP contribution >= 0.6 is 0 Å². The van der Waals surface area contributed by atoms with Gasteiger partial charge in [-0.15, -0.1) is 0 Å². The molecule has 0 spiro atoms. The third kappa shape index (κ3) is 3.46. The van der Waals surface area contributed by atoms with Gasteiger partial charge in [-0.2, -0.15) is 0 Å². The van der Waals surface area contributed by atoms with E-state index >= 15 is 0 Å². The number of hydrogen-bond donors (Lipinski definition) is 2. The van der Waals surface area contributed by atoms with Crippen molar-refractivity contribution in [1.29, 1.82) is 0 Å². The molecule has 1 heterocycles. The van der Waals surface area contributed by atoms with Crippen LogP contribution in [0.2, 0.25) is 0 Å². The monoisotopic (exact) mass is 420 g/mol. The molecule has 5 rings (SSSR count). The number of benzene rings is 1. The lowest BCUT2D eigenvalue weighted by molar-refractivity contribution is -0.140. The summed E-state index contributed by atoms with van der Waals surface area (Å²) in [5.41, 5.74) is 1.59. The summed E-state index contributed by atoms with van der Waals surface area (Å²) in [7, 11) is 1.78. The van der Waals surface area contributed by atoms with Gasteiger partial charge in [-0.1, -0.05) is 48.9 Å². The first kappa shape index (κ1) is 20.3. The van der Waals surface area contributed by atoms with Crippen molar-refractivity contribution >= 4 is 17.8 Å². The topological polar surface area (TPSA) is 73.8 Å². The second-order valence-electron chi connectivity index (χ2n) is 9.53. The molecule has 31 heavy (non-hydrogen) atoms. The highest BCUT2D eigenvalue weighted by atomic mass is 16.2. The standard InChI is InChI=1S/C25H32N4O2/c1-26-24(28-16-25(11-5-12-25)19-7-3-2-4-8-19)27-13-6-14-29-22(30)20-17-9-10-18(15-17)21(20)23(29)31/h2-4,7-10,17-18,20-21H,5-6,11-16H2,1H3,(H2,26,27,28). The summed E-state index contributed by atoms with van der Waals surface area (Å²) in [6.07, 6.45) is 9.64. The van der Waals surface area contributed by atoms with E-state index in [4.69, 9.17) is 0 Å². The number of rotatable bonds is 7. The summed E-state index contributed by atoms with van der Waals surface area (Å²) < 4.78 is 0. The molecule has 2 N–H and O–H groups in total. The molecule has 1 saturated heterocycles. The van der Waals surface area contributed by atoms with Crippen molar-refractivity contribution in [3.05, 3.63) is 48.0 Å². The zero-order valence-corrected chi connectivity index (χ0v) is 18.2. The molecule has 4 aliphatic rings. The SMILES string of the molecule is CN=C(NCCCN1C(=O)C2C3C=CC(C3)C2C1=O)NCC1(c2ccccc2)CCC1. The van der Waals surface area contributed by atoms with Crippen molar-refractivity contribution in [2.75, 3.05) is 26.7 Å². The first-order valence-electron chi connectivity index (χ1n) is 11.7. The number of fused-ring (bicyclic) bond motifs is 5. The maximum atomic E-state index is 12.8. The van der Waals surface area contributed by atoms with E-state index in [1.807, 2.05) is 0 Å². The van der Waals surface area contributed by atoms with Gasteiger partial charge in [-0.3, -0.25) is 19.5 Å². The lowest BCUT2D eigenvalue weighted by Gasteiger charge is -2.43. The van der Waals surface area contributed by atoms with E-state index in [0.717, 1.165) is 25.3 Å². The Kier molecular flexibility index (Phi) is 5.32. The van der Waals surface area contributed by atoms with Crippen molar-refractivity contribution in [3.63, 3.8) is 0 Å². The fraction of sp³-hybridized carbons (Fsp3) is 0.560. The third-order valence-corrected chi connectivity index (χ3v) is 7.93. The average molecular weight is 421 g/mol. The molecule has 2 saturated carbocycles. The van der Waals surface area contributed by atoms with Crippen LogP contribution in [-0.2, 0) is 15.0 Å². The van der Waals surface area contributed by atoms with Gasteiger partial charge in [0, 0.05) is 32.1 Å². The normalized spacial score (nSPS) is 30.5. The number of carbonyl (C=O) groups excluding carboxylic acids is 2. The van der Waals surface area contributed by atoms with Crippen molar-refractivity contribution in [1.82, 2.24) is 15.5 Å². The first-order chi connectivity index (χ1) is 15.1. The maximum absolute atomic E-state index is 12.8. The minimum absolute atomic E-state index is 0.0455. The van der Waals surface area contributed by atoms with E-state index in [0.29, 0.717) is 13.1 Å². The number of carbonyl (C=O) groups is 2. The summed E-state index contributed by atoms with van der Waals surface area (Å²) in [4.78, 5) is 31.4. The predicted octanol–water partition coefficient (Wildman–Crippen LogP) is 2.47. The number of likely N-dealkylation sites (tertiary alicyclic amines) is 1. The van der Waals surface area contributed by atoms with Gasteiger partial charge in [0.05, 0.1) is 11.8 Å². The van der Waals surface area contributed by atoms with E-state index in [2.05, 4.69) is 58.1 Å². The molecular formula is C25H32N4O2. The molecule has 2 amide bonds. The van der Waals surface area contributed by atoms with Gasteiger partial charge < -0.3 is 10.6 Å². The van der Waals surface area contributed by atoms with Crippen LogP contribution < -0.4 is 10.6 Å². The maximum Gasteiger partial charge on any atom is 0.233 e. The summed E-state index contributed by atoms with van der Waals surface area (Å²) in [5, 5.41) is 6.84. The fourth-order valence-corrected chi connectivity index (χ4v) is 6.06. The van der Waals surface area contributed by atoms with Crippen LogP contribution in [0.3, 0.4) is 0 Å². The molecule has 1 aromatic rings. The van der Waals surface area contributed by atoms with Gasteiger partial charge in [-0.25, -0.2) is 0 Å². The summed E-state index contributed by atoms with van der Waals surface area (Å²) in [5.74, 6) is 1.24. The lowest BCUT2D eigenvalue weighted by atomic mass is 9.64. The first-order valence-corrected chi connectivity index (χ1v) is 11.7. The van der Waals surface area contributed by atoms with Gasteiger partial charge >= 0.3 is 0 Å². The molecule has 0 radical (unpaired) electrons. The number of hydrogen-bond acceptors (Lipinski definition) is 3. The van der Waals surface area contributed by atoms with Crippen LogP contribution in [0.5, 0.6) is 0 Å². The van der Waals surface area contributed by atoms with Gasteiger partial charge in [0.15, 0.2) is 5.96 Å². The van der Waals surface area contributed by atoms with Crippen molar-refractivity contribution in [2.45, 2.75) is 37.5 Å². The number of imide groups is 1. The summed E-state index contributed by atoms with van der Waals surface area (Å²) >= 11 is 0. The second kappa shape index (κ2) is 8.13. The minimum atomic E-state index is -0.0958. The van der Waals surface area contributed by atoms with Gasteiger partial charge in [0.1, 0.15) is 0 Å². The molecule has 6 heteroatoms. The van der Waals surface area contributed by atoms with E-state index in [1.54, 1.807) is 7.05 Å². The smallest absolute Gasteiger partial charge is 0.233 e. The molecule has 1 aliphatic heterocycles. The lowest BCUT2D eigenvalue weighted by Crippen LogP contribution is -2.49. The molecule has 1 aromatic carbocycles. The third-order valence-electron chi connectivity index (χ3n) is 7.93. The highest BCUT2D eigenvalue weighted by molar-refractivity contribution is 6.06. The molecule has 3 aliphatic carbocycles. The molecule has 3 fully saturated rings. The molecular weight excluding hydrogens is 388 g/mol. The molecule has 4 unspecified atom stereocenters. The van der Waals surface area contributed by atoms with Crippen molar-refractivity contribution in [2.24, 2.45) is 28.7 Å². The van der Waals surface area contributed by atoms with Crippen LogP contribution in [0, 0.1) is 23.7 Å². The number of nitrogens with zero attached hydrogens (tertiary/aromatic N) is 2. The highest BCUT2D eigenvalue weighted by Gasteiger charge is 2.58. The zero-order valence-electron chi connectivity index (χ0n) is 18.2. The number of aliphatic imine (C=N–C) groups is 1. The Morgan fingerprint density at radius 3 is 2.32 bits per heavy atom. The van der Waals surface area contributed by atoms with Gasteiger partial charge in [0.25, 0.3) is 0 Å². The number of allylic oxidation sites excluding steroid dienone is 2. The Morgan fingerprint density at radius 2 is 1.74 bits per heavy atom. The Hall–Kier alpha value is -2.63. The number of nitrogens with one attached hydrogen (secondary N) is 2. The van der Waals surface area contributed by atoms with Crippen LogP contribution in [0.4, 0.5) is 0 Å². The fourth-order valence-electron chi connectivity index (χ4n) is 6.06. The molecule has 6 nitrogen and oxygen atoms in total. The Morgan fingerprint density at radius 1 is 1.06 bits per heavy atom. The number of guanidine groups is 1. The van der Waals surface area contributed by atoms with E-state index in [9.17, 15) is 9.59 Å². The Bertz CT molecular complexity index is 875. The Labute approximate surface area is 184 Å². The van der Waals surface area contributed by atoms with Gasteiger partial charge in [0.2, 0.25) is 11.8 Å². The largest absolute Gasteiger partial charge is 0.356 e. The van der Waals surface area contributed by atoms with Crippen LogP contribution in [-0.4, -0.2) is 49.4 Å². The summed E-state index contributed by atoms with van der Waals surface area (Å²) in [6, 6.07) is 10.7. The summed E-state index contributed by atoms with van der Waals surface area (Å²) in [6.45, 7) is 2.02. The predicted molar refractivity (Wildman–Crippen MR) is 120 cm³/mol. The van der Waals surface area contributed by atoms with E-state index < -0.39 is 0 Å². The van der Waals surface area contributed by atoms with Crippen LogP contribution in [0.25, 0.3) is 0 Å². The zero-order chi connectivity index (χ0) is 21.4. The second-order valence-corrected chi connectivity index (χ2v) is 9.53. The highest BCUT2D eigenvalue weighted by Crippen LogP contribution is 2.52. The quantitative estimate of drug-likeness (QED) is 0.234. The van der Waals surface area contributed by atoms with Crippen molar-refractivity contribution < 1.29 is 9.59 Å².